The first-order valence-corrected chi connectivity index (χ1v) is 43.9. The zero-order valence-electron chi connectivity index (χ0n) is 71.3. The molecule has 8 unspecified atom stereocenters. The van der Waals surface area contributed by atoms with Gasteiger partial charge in [-0.15, -0.1) is 0 Å². The summed E-state index contributed by atoms with van der Waals surface area (Å²) < 4.78 is 58.7. The minimum atomic E-state index is -3.75. The summed E-state index contributed by atoms with van der Waals surface area (Å²) >= 11 is 0. The molecule has 3 fully saturated rings. The number of amides is 6. The van der Waals surface area contributed by atoms with Crippen molar-refractivity contribution in [3.8, 4) is 0 Å². The van der Waals surface area contributed by atoms with E-state index < -0.39 is 137 Å². The zero-order chi connectivity index (χ0) is 87.9. The first-order valence-electron chi connectivity index (χ1n) is 42.4. The highest BCUT2D eigenvalue weighted by molar-refractivity contribution is 7.47. The highest BCUT2D eigenvalue weighted by Crippen LogP contribution is 2.42. The molecule has 0 aliphatic carbocycles. The number of aliphatic hydroxyl groups excluding tert-OH is 9. The van der Waals surface area contributed by atoms with Gasteiger partial charge in [-0.2, -0.15) is 0 Å². The average molecular weight is 1710 g/mol. The van der Waals surface area contributed by atoms with Gasteiger partial charge in [-0.1, -0.05) is 73.6 Å². The predicted octanol–water partition coefficient (Wildman–Crippen LogP) is 1.81. The third-order valence-electron chi connectivity index (χ3n) is 19.5. The van der Waals surface area contributed by atoms with Crippen LogP contribution >= 0.6 is 7.82 Å². The van der Waals surface area contributed by atoms with E-state index in [0.29, 0.717) is 116 Å². The summed E-state index contributed by atoms with van der Waals surface area (Å²) in [7, 11) is -1.10. The lowest BCUT2D eigenvalue weighted by atomic mass is 9.92. The van der Waals surface area contributed by atoms with Crippen LogP contribution in [0.3, 0.4) is 0 Å². The number of carbonyl (C=O) groups is 9. The molecule has 117 heavy (non-hydrogen) atoms. The van der Waals surface area contributed by atoms with Crippen LogP contribution in [0.1, 0.15) is 235 Å². The molecule has 3 rings (SSSR count). The number of hydrogen-bond acceptors (Lipinski definition) is 30. The molecule has 0 aromatic carbocycles. The number of ketones is 3. The predicted molar refractivity (Wildman–Crippen MR) is 433 cm³/mol. The maximum Gasteiger partial charge on any atom is 0.471 e. The summed E-state index contributed by atoms with van der Waals surface area (Å²) in [6.07, 6.45) is -0.229. The molecular weight excluding hydrogens is 1560 g/mol. The fraction of sp³-hybridized carbons (Fsp3) is 0.886. The van der Waals surface area contributed by atoms with Crippen LogP contribution in [0.4, 0.5) is 0 Å². The van der Waals surface area contributed by atoms with E-state index in [1.165, 1.54) is 14.0 Å². The molecule has 0 aromatic heterocycles. The Morgan fingerprint density at radius 1 is 0.427 bits per heavy atom. The topological polar surface area (TPSA) is 558 Å². The van der Waals surface area contributed by atoms with E-state index in [4.69, 9.17) is 43.8 Å². The second-order valence-corrected chi connectivity index (χ2v) is 30.6. The van der Waals surface area contributed by atoms with Crippen molar-refractivity contribution in [3.63, 3.8) is 0 Å². The van der Waals surface area contributed by atoms with E-state index in [2.05, 4.69) is 40.9 Å². The average Bonchev–Trinajstić information content (AvgIpc) is 0.814. The number of methoxy groups -OCH3 is 1. The van der Waals surface area contributed by atoms with E-state index >= 15 is 0 Å². The molecule has 0 aromatic rings. The molecule has 17 atom stereocenters. The Balaban J connectivity index is 0.00000711. The van der Waals surface area contributed by atoms with Gasteiger partial charge in [-0.25, -0.2) is 4.57 Å². The van der Waals surface area contributed by atoms with Crippen molar-refractivity contribution >= 4 is 60.6 Å². The minimum Gasteiger partial charge on any atom is -0.394 e. The van der Waals surface area contributed by atoms with Gasteiger partial charge in [-0.3, -0.25) is 57.1 Å². The molecule has 686 valence electrons. The number of phosphoric ester groups is 1. The molecule has 3 heterocycles. The van der Waals surface area contributed by atoms with Gasteiger partial charge in [0.05, 0.1) is 64.4 Å². The third kappa shape index (κ3) is 51.0. The number of nitrogens with one attached hydrogen (secondary N) is 6. The van der Waals surface area contributed by atoms with Crippen LogP contribution < -0.4 is 37.6 Å². The summed E-state index contributed by atoms with van der Waals surface area (Å²) in [6, 6.07) is -1.99. The van der Waals surface area contributed by atoms with Gasteiger partial charge >= 0.3 is 7.82 Å². The molecule has 37 nitrogen and oxygen atoms in total. The number of nitrogens with zero attached hydrogens (tertiary/aromatic N) is 1. The SMILES string of the molecule is CC.CC.COCCC(=O)CCCC(=O)NCCCCC(C(=O)CCCCNC(=O)CCCCCO[C@@H]1OC(CO)[C@H](O)[C@H](O)C1C)N(CC(=O)CCCNC(=O)CCCCCO[C@@H]1OC(CO)[C@H](O)[C@H](O)C1NC(C)=O)CC(=O)NCCCNC(=O)CCCCCO[C@@H]1OC(CO)[C@H](O)[C@H](O)C1C.COP(=O)(O)OCCCCCCN. The Labute approximate surface area is 693 Å². The molecule has 0 spiro atoms. The summed E-state index contributed by atoms with van der Waals surface area (Å²) in [5.74, 6) is -3.36. The van der Waals surface area contributed by atoms with Crippen molar-refractivity contribution in [1.82, 2.24) is 36.8 Å². The molecule has 0 bridgehead atoms. The van der Waals surface area contributed by atoms with Gasteiger partial charge in [0.25, 0.3) is 0 Å². The number of unbranched alkanes of at least 4 members (excludes halogenated alkanes) is 11. The number of Topliss-reactive ketones (excluding diaryl/α,β-unsaturated/α-hetero) is 3. The normalized spacial score (nSPS) is 23.7. The van der Waals surface area contributed by atoms with Crippen molar-refractivity contribution in [1.29, 1.82) is 0 Å². The monoisotopic (exact) mass is 1710 g/mol. The summed E-state index contributed by atoms with van der Waals surface area (Å²) in [5.41, 5.74) is 5.30. The molecule has 3 aliphatic rings. The van der Waals surface area contributed by atoms with E-state index in [-0.39, 0.29) is 171 Å². The lowest BCUT2D eigenvalue weighted by Gasteiger charge is -2.42. The molecule has 3 aliphatic heterocycles. The maximum atomic E-state index is 14.4. The number of phosphoric acid groups is 1. The number of hydrogen-bond donors (Lipinski definition) is 17. The Hall–Kier alpha value is -4.78. The van der Waals surface area contributed by atoms with Crippen molar-refractivity contribution in [2.45, 2.75) is 321 Å². The molecule has 18 N–H and O–H groups in total. The molecule has 3 saturated heterocycles. The number of aliphatic hydroxyl groups is 9. The van der Waals surface area contributed by atoms with Crippen LogP contribution in [0.5, 0.6) is 0 Å². The van der Waals surface area contributed by atoms with Gasteiger partial charge in [0, 0.05) is 137 Å². The summed E-state index contributed by atoms with van der Waals surface area (Å²) in [4.78, 5) is 127. The Morgan fingerprint density at radius 2 is 0.821 bits per heavy atom. The quantitative estimate of drug-likeness (QED) is 0.0305. The summed E-state index contributed by atoms with van der Waals surface area (Å²) in [5, 5.41) is 107. The number of rotatable bonds is 64. The van der Waals surface area contributed by atoms with E-state index in [0.717, 1.165) is 32.8 Å². The molecular formula is C79H151N8O29P. The van der Waals surface area contributed by atoms with E-state index in [1.807, 2.05) is 27.7 Å². The fourth-order valence-electron chi connectivity index (χ4n) is 12.6. The number of nitrogens with two attached hydrogens (primary N) is 1. The van der Waals surface area contributed by atoms with Crippen molar-refractivity contribution in [2.24, 2.45) is 17.6 Å². The maximum absolute atomic E-state index is 14.4. The van der Waals surface area contributed by atoms with Gasteiger partial charge < -0.3 is 122 Å². The van der Waals surface area contributed by atoms with Crippen LogP contribution in [0.25, 0.3) is 0 Å². The van der Waals surface area contributed by atoms with Crippen LogP contribution in [0.2, 0.25) is 0 Å². The number of ether oxygens (including phenoxy) is 7. The Bertz CT molecular complexity index is 2700. The minimum absolute atomic E-state index is 0.00176. The highest BCUT2D eigenvalue weighted by Gasteiger charge is 2.46. The second kappa shape index (κ2) is 69.7. The van der Waals surface area contributed by atoms with E-state index in [9.17, 15) is 93.7 Å². The van der Waals surface area contributed by atoms with Crippen LogP contribution in [0.15, 0.2) is 0 Å². The standard InChI is InChI=1S/C68H121N7O25.C7H18NO4P.2C2H6/c1-44-60(88)62(90)51(41-76)98-66(44)95-35-15-5-8-25-54(83)69-31-14-12-24-50(82)49(23-11-13-30-70-57(86)28-18-21-47(80)29-38-94-4)75(40-58(87)73-34-20-33-72-56(85)27-9-6-16-36-96-67-45(2)61(89)63(91)52(42-77)99-67)39-48(81)22-19-32-71-55(84)26-10-7-17-37-97-68-59(74-46(3)79)65(93)64(92)53(43-78)100-68;1-11-13(9,10)12-7-5-3-2-4-6-8;2*1-2/h44-45,49,51-53,59-68,76-78,88-93H,5-43H2,1-4H3,(H,69,83)(H,70,86)(H,71,84)(H,72,85)(H,73,87)(H,74,79);2-8H2,1H3,(H,9,10);2*1-2H3/t44?,45?,49?,51?,52?,53?,59?,60-,61-,62+,63+,64+,65-,66-,67-,68-;;;/m1.../s1. The lowest BCUT2D eigenvalue weighted by molar-refractivity contribution is -0.282. The second-order valence-electron chi connectivity index (χ2n) is 29.0. The van der Waals surface area contributed by atoms with Crippen LogP contribution in [-0.4, -0.2) is 314 Å². The third-order valence-corrected chi connectivity index (χ3v) is 20.5. The van der Waals surface area contributed by atoms with Crippen molar-refractivity contribution in [3.05, 3.63) is 0 Å². The van der Waals surface area contributed by atoms with Crippen LogP contribution in [0, 0.1) is 11.8 Å². The van der Waals surface area contributed by atoms with Gasteiger partial charge in [0.2, 0.25) is 35.4 Å². The smallest absolute Gasteiger partial charge is 0.394 e. The van der Waals surface area contributed by atoms with Crippen molar-refractivity contribution < 1.29 is 141 Å². The molecule has 0 saturated carbocycles. The fourth-order valence-corrected chi connectivity index (χ4v) is 13.1. The van der Waals surface area contributed by atoms with E-state index in [1.54, 1.807) is 18.7 Å². The largest absolute Gasteiger partial charge is 0.471 e. The van der Waals surface area contributed by atoms with Crippen molar-refractivity contribution in [2.75, 3.05) is 119 Å². The Morgan fingerprint density at radius 3 is 1.28 bits per heavy atom. The van der Waals surface area contributed by atoms with Crippen LogP contribution in [-0.2, 0) is 89.9 Å². The summed E-state index contributed by atoms with van der Waals surface area (Å²) in [6.45, 7) is 13.5. The first-order chi connectivity index (χ1) is 56.1. The van der Waals surface area contributed by atoms with Gasteiger partial charge in [-0.05, 0) is 109 Å². The number of carbonyl (C=O) groups excluding carboxylic acids is 9. The lowest BCUT2D eigenvalue weighted by Crippen LogP contribution is -2.64. The van der Waals surface area contributed by atoms with Gasteiger partial charge in [0.15, 0.2) is 18.9 Å². The first kappa shape index (κ1) is 112. The molecule has 38 heteroatoms. The Kier molecular flexibility index (Phi) is 66.9. The molecule has 0 radical (unpaired) electrons. The zero-order valence-corrected chi connectivity index (χ0v) is 72.2. The van der Waals surface area contributed by atoms with Gasteiger partial charge in [0.1, 0.15) is 66.1 Å². The molecule has 6 amide bonds. The highest BCUT2D eigenvalue weighted by atomic mass is 31.2.